The van der Waals surface area contributed by atoms with Gasteiger partial charge in [0, 0.05) is 17.5 Å². The van der Waals surface area contributed by atoms with Gasteiger partial charge < -0.3 is 5.73 Å². The summed E-state index contributed by atoms with van der Waals surface area (Å²) in [6.07, 6.45) is -0.916. The van der Waals surface area contributed by atoms with Crippen molar-refractivity contribution in [1.29, 1.82) is 0 Å². The highest BCUT2D eigenvalue weighted by Crippen LogP contribution is 2.34. The molecule has 1 aromatic rings. The average Bonchev–Trinajstić information content (AvgIpc) is 2.74. The number of carbonyl (C=O) groups excluding carboxylic acids is 1. The van der Waals surface area contributed by atoms with Crippen molar-refractivity contribution in [2.75, 3.05) is 0 Å². The maximum atomic E-state index is 12.8. The van der Waals surface area contributed by atoms with Gasteiger partial charge in [-0.2, -0.15) is 13.2 Å². The Morgan fingerprint density at radius 3 is 2.44 bits per heavy atom. The number of ketones is 1. The summed E-state index contributed by atoms with van der Waals surface area (Å²) in [5, 5.41) is 0. The van der Waals surface area contributed by atoms with E-state index in [1.165, 1.54) is 18.2 Å². The van der Waals surface area contributed by atoms with E-state index in [2.05, 4.69) is 0 Å². The van der Waals surface area contributed by atoms with Crippen molar-refractivity contribution in [3.05, 3.63) is 47.5 Å². The lowest BCUT2D eigenvalue weighted by Crippen LogP contribution is -2.21. The molecule has 0 saturated heterocycles. The molecule has 0 fully saturated rings. The standard InChI is InChI=1S/C13H12F3NO/c14-13(15,16)11-4-2-1-3-10(11)12(18)8-5-6-9(17)7-8/h1-6,8-9H,7,17H2. The summed E-state index contributed by atoms with van der Waals surface area (Å²) in [7, 11) is 0. The van der Waals surface area contributed by atoms with E-state index < -0.39 is 23.4 Å². The highest BCUT2D eigenvalue weighted by molar-refractivity contribution is 6.00. The molecule has 96 valence electrons. The summed E-state index contributed by atoms with van der Waals surface area (Å²) in [6, 6.07) is 4.59. The number of Topliss-reactive ketones (excluding diaryl/α,β-unsaturated/α-hetero) is 1. The Balaban J connectivity index is 2.34. The number of benzene rings is 1. The van der Waals surface area contributed by atoms with E-state index in [1.54, 1.807) is 12.2 Å². The second kappa shape index (κ2) is 4.57. The minimum Gasteiger partial charge on any atom is -0.324 e. The van der Waals surface area contributed by atoms with E-state index >= 15 is 0 Å². The van der Waals surface area contributed by atoms with Crippen LogP contribution in [0.1, 0.15) is 22.3 Å². The Kier molecular flexibility index (Phi) is 3.26. The molecular weight excluding hydrogens is 243 g/mol. The number of halogens is 3. The zero-order chi connectivity index (χ0) is 13.3. The second-order valence-electron chi connectivity index (χ2n) is 4.30. The molecule has 2 unspecified atom stereocenters. The van der Waals surface area contributed by atoms with Crippen molar-refractivity contribution in [2.45, 2.75) is 18.6 Å². The van der Waals surface area contributed by atoms with Crippen molar-refractivity contribution < 1.29 is 18.0 Å². The summed E-state index contributed by atoms with van der Waals surface area (Å²) in [5.41, 5.74) is 4.43. The van der Waals surface area contributed by atoms with Gasteiger partial charge in [-0.15, -0.1) is 0 Å². The Morgan fingerprint density at radius 2 is 1.89 bits per heavy atom. The third-order valence-corrected chi connectivity index (χ3v) is 2.95. The van der Waals surface area contributed by atoms with Gasteiger partial charge in [0.25, 0.3) is 0 Å². The number of hydrogen-bond donors (Lipinski definition) is 1. The predicted octanol–water partition coefficient (Wildman–Crippen LogP) is 2.79. The number of nitrogens with two attached hydrogens (primary N) is 1. The topological polar surface area (TPSA) is 43.1 Å². The van der Waals surface area contributed by atoms with Crippen LogP contribution in [0.3, 0.4) is 0 Å². The van der Waals surface area contributed by atoms with E-state index in [-0.39, 0.29) is 11.6 Å². The molecule has 0 bridgehead atoms. The van der Waals surface area contributed by atoms with Crippen LogP contribution in [0.2, 0.25) is 0 Å². The summed E-state index contributed by atoms with van der Waals surface area (Å²) < 4.78 is 38.3. The SMILES string of the molecule is NC1C=CC(C(=O)c2ccccc2C(F)(F)F)C1. The van der Waals surface area contributed by atoms with Crippen molar-refractivity contribution in [3.8, 4) is 0 Å². The molecule has 0 spiro atoms. The molecule has 0 heterocycles. The van der Waals surface area contributed by atoms with Crippen molar-refractivity contribution in [1.82, 2.24) is 0 Å². The molecule has 2 rings (SSSR count). The first kappa shape index (κ1) is 12.8. The lowest BCUT2D eigenvalue weighted by molar-refractivity contribution is -0.137. The maximum absolute atomic E-state index is 12.8. The number of rotatable bonds is 2. The first-order valence-electron chi connectivity index (χ1n) is 5.54. The van der Waals surface area contributed by atoms with Crippen LogP contribution in [0.15, 0.2) is 36.4 Å². The lowest BCUT2D eigenvalue weighted by atomic mass is 9.93. The molecule has 5 heteroatoms. The smallest absolute Gasteiger partial charge is 0.324 e. The molecule has 0 amide bonds. The van der Waals surface area contributed by atoms with Crippen molar-refractivity contribution in [2.24, 2.45) is 11.7 Å². The quantitative estimate of drug-likeness (QED) is 0.652. The molecule has 1 aromatic carbocycles. The van der Waals surface area contributed by atoms with Gasteiger partial charge in [0.2, 0.25) is 0 Å². The van der Waals surface area contributed by atoms with Crippen molar-refractivity contribution >= 4 is 5.78 Å². The van der Waals surface area contributed by atoms with E-state index in [0.29, 0.717) is 6.42 Å². The van der Waals surface area contributed by atoms with Gasteiger partial charge in [-0.05, 0) is 12.5 Å². The van der Waals surface area contributed by atoms with E-state index in [9.17, 15) is 18.0 Å². The lowest BCUT2D eigenvalue weighted by Gasteiger charge is -2.14. The van der Waals surface area contributed by atoms with Crippen LogP contribution < -0.4 is 5.73 Å². The van der Waals surface area contributed by atoms with Gasteiger partial charge in [0.15, 0.2) is 5.78 Å². The molecule has 0 radical (unpaired) electrons. The van der Waals surface area contributed by atoms with Gasteiger partial charge in [0.05, 0.1) is 5.56 Å². The van der Waals surface area contributed by atoms with E-state index in [0.717, 1.165) is 6.07 Å². The minimum atomic E-state index is -4.52. The third-order valence-electron chi connectivity index (χ3n) is 2.95. The summed E-state index contributed by atoms with van der Waals surface area (Å²) in [6.45, 7) is 0. The Bertz CT molecular complexity index is 493. The molecular formula is C13H12F3NO. The Hall–Kier alpha value is -1.62. The monoisotopic (exact) mass is 255 g/mol. The highest BCUT2D eigenvalue weighted by Gasteiger charge is 2.36. The van der Waals surface area contributed by atoms with Gasteiger partial charge >= 0.3 is 6.18 Å². The molecule has 18 heavy (non-hydrogen) atoms. The third kappa shape index (κ3) is 2.46. The van der Waals surface area contributed by atoms with Gasteiger partial charge in [-0.1, -0.05) is 30.4 Å². The van der Waals surface area contributed by atoms with Crippen LogP contribution in [0.5, 0.6) is 0 Å². The molecule has 0 aliphatic heterocycles. The fraction of sp³-hybridized carbons (Fsp3) is 0.308. The van der Waals surface area contributed by atoms with Gasteiger partial charge in [0.1, 0.15) is 0 Å². The predicted molar refractivity (Wildman–Crippen MR) is 61.0 cm³/mol. The molecule has 1 aliphatic carbocycles. The molecule has 2 nitrogen and oxygen atoms in total. The zero-order valence-corrected chi connectivity index (χ0v) is 9.45. The number of hydrogen-bond acceptors (Lipinski definition) is 2. The zero-order valence-electron chi connectivity index (χ0n) is 9.45. The van der Waals surface area contributed by atoms with Gasteiger partial charge in [-0.25, -0.2) is 0 Å². The van der Waals surface area contributed by atoms with Crippen LogP contribution in [0.25, 0.3) is 0 Å². The number of allylic oxidation sites excluding steroid dienone is 1. The van der Waals surface area contributed by atoms with E-state index in [1.807, 2.05) is 0 Å². The van der Waals surface area contributed by atoms with E-state index in [4.69, 9.17) is 5.73 Å². The fourth-order valence-electron chi connectivity index (χ4n) is 2.07. The normalized spacial score (nSPS) is 23.3. The van der Waals surface area contributed by atoms with Crippen LogP contribution in [-0.4, -0.2) is 11.8 Å². The fourth-order valence-corrected chi connectivity index (χ4v) is 2.07. The molecule has 0 saturated carbocycles. The van der Waals surface area contributed by atoms with Gasteiger partial charge in [-0.3, -0.25) is 4.79 Å². The second-order valence-corrected chi connectivity index (χ2v) is 4.30. The molecule has 1 aliphatic rings. The minimum absolute atomic E-state index is 0.253. The molecule has 2 atom stereocenters. The largest absolute Gasteiger partial charge is 0.417 e. The summed E-state index contributed by atoms with van der Waals surface area (Å²) in [4.78, 5) is 12.1. The first-order chi connectivity index (χ1) is 8.39. The first-order valence-corrected chi connectivity index (χ1v) is 5.54. The summed E-state index contributed by atoms with van der Waals surface area (Å²) >= 11 is 0. The summed E-state index contributed by atoms with van der Waals surface area (Å²) in [5.74, 6) is -1.07. The maximum Gasteiger partial charge on any atom is 0.417 e. The highest BCUT2D eigenvalue weighted by atomic mass is 19.4. The van der Waals surface area contributed by atoms with Crippen molar-refractivity contribution in [3.63, 3.8) is 0 Å². The number of alkyl halides is 3. The molecule has 0 aromatic heterocycles. The Labute approximate surface area is 102 Å². The Morgan fingerprint density at radius 1 is 1.22 bits per heavy atom. The van der Waals surface area contributed by atoms with Crippen LogP contribution in [0, 0.1) is 5.92 Å². The molecule has 2 N–H and O–H groups in total. The van der Waals surface area contributed by atoms with Crippen LogP contribution >= 0.6 is 0 Å². The van der Waals surface area contributed by atoms with Crippen LogP contribution in [-0.2, 0) is 6.18 Å². The van der Waals surface area contributed by atoms with Crippen LogP contribution in [0.4, 0.5) is 13.2 Å². The average molecular weight is 255 g/mol. The number of carbonyl (C=O) groups is 1.